The number of methoxy groups -OCH3 is 1. The Bertz CT molecular complexity index is 796. The van der Waals surface area contributed by atoms with Crippen molar-refractivity contribution in [3.63, 3.8) is 0 Å². The van der Waals surface area contributed by atoms with Crippen LogP contribution in [0.2, 0.25) is 0 Å². The first kappa shape index (κ1) is 17.5. The fraction of sp³-hybridized carbons (Fsp3) is 0.471. The predicted octanol–water partition coefficient (Wildman–Crippen LogP) is 2.32. The van der Waals surface area contributed by atoms with Crippen LogP contribution >= 0.6 is 11.3 Å². The van der Waals surface area contributed by atoms with Crippen LogP contribution in [0, 0.1) is 6.92 Å². The average molecular weight is 363 g/mol. The first-order valence-corrected chi connectivity index (χ1v) is 9.00. The molecule has 0 bridgehead atoms. The largest absolute Gasteiger partial charge is 0.495 e. The third-order valence-electron chi connectivity index (χ3n) is 4.18. The lowest BCUT2D eigenvalue weighted by Gasteiger charge is -2.19. The molecule has 1 amide bonds. The molecule has 3 heterocycles. The van der Waals surface area contributed by atoms with Crippen molar-refractivity contribution >= 4 is 23.2 Å². The topological polar surface area (TPSA) is 84.7 Å². The first-order chi connectivity index (χ1) is 12.0. The maximum Gasteiger partial charge on any atom is 0.303 e. The van der Waals surface area contributed by atoms with E-state index in [9.17, 15) is 9.59 Å². The molecular weight excluding hydrogens is 342 g/mol. The maximum absolute atomic E-state index is 12.9. The second-order valence-electron chi connectivity index (χ2n) is 6.08. The van der Waals surface area contributed by atoms with Crippen LogP contribution in [-0.2, 0) is 24.3 Å². The molecule has 0 aromatic carbocycles. The molecule has 2 aromatic heterocycles. The monoisotopic (exact) mass is 363 g/mol. The number of carbonyl (C=O) groups is 2. The van der Waals surface area contributed by atoms with Gasteiger partial charge in [-0.15, -0.1) is 11.3 Å². The van der Waals surface area contributed by atoms with Gasteiger partial charge in [0.2, 0.25) is 0 Å². The van der Waals surface area contributed by atoms with Gasteiger partial charge in [-0.3, -0.25) is 14.3 Å². The SMILES string of the molecule is COc1cc(C)sc1C(=O)N1CCCn2nc(CCC(=O)O)cc2C1. The van der Waals surface area contributed by atoms with E-state index in [-0.39, 0.29) is 12.3 Å². The number of nitrogens with zero attached hydrogens (tertiary/aromatic N) is 3. The molecule has 1 aliphatic heterocycles. The van der Waals surface area contributed by atoms with E-state index < -0.39 is 5.97 Å². The van der Waals surface area contributed by atoms with Crippen LogP contribution in [-0.4, -0.2) is 45.3 Å². The number of aryl methyl sites for hydroxylation is 3. The van der Waals surface area contributed by atoms with Gasteiger partial charge in [-0.2, -0.15) is 5.10 Å². The Morgan fingerprint density at radius 1 is 1.36 bits per heavy atom. The van der Waals surface area contributed by atoms with E-state index in [0.717, 1.165) is 29.2 Å². The Morgan fingerprint density at radius 2 is 2.16 bits per heavy atom. The summed E-state index contributed by atoms with van der Waals surface area (Å²) in [5.41, 5.74) is 1.70. The van der Waals surface area contributed by atoms with E-state index in [0.29, 0.717) is 30.1 Å². The summed E-state index contributed by atoms with van der Waals surface area (Å²) in [4.78, 5) is 27.1. The summed E-state index contributed by atoms with van der Waals surface area (Å²) in [6.45, 7) is 3.81. The van der Waals surface area contributed by atoms with Crippen molar-refractivity contribution in [3.05, 3.63) is 33.3 Å². The highest BCUT2D eigenvalue weighted by molar-refractivity contribution is 7.14. The number of carboxylic acids is 1. The molecule has 1 N–H and O–H groups in total. The number of amides is 1. The van der Waals surface area contributed by atoms with Crippen molar-refractivity contribution in [1.29, 1.82) is 0 Å². The summed E-state index contributed by atoms with van der Waals surface area (Å²) in [7, 11) is 1.57. The van der Waals surface area contributed by atoms with E-state index in [1.807, 2.05) is 28.6 Å². The van der Waals surface area contributed by atoms with Crippen molar-refractivity contribution in [2.24, 2.45) is 0 Å². The smallest absolute Gasteiger partial charge is 0.303 e. The van der Waals surface area contributed by atoms with Gasteiger partial charge in [-0.1, -0.05) is 0 Å². The van der Waals surface area contributed by atoms with Gasteiger partial charge in [0.05, 0.1) is 31.5 Å². The third-order valence-corrected chi connectivity index (χ3v) is 5.20. The summed E-state index contributed by atoms with van der Waals surface area (Å²) in [6, 6.07) is 3.79. The van der Waals surface area contributed by atoms with Gasteiger partial charge < -0.3 is 14.7 Å². The highest BCUT2D eigenvalue weighted by Crippen LogP contribution is 2.30. The minimum absolute atomic E-state index is 0.0308. The second kappa shape index (κ2) is 7.26. The molecule has 0 radical (unpaired) electrons. The van der Waals surface area contributed by atoms with Crippen molar-refractivity contribution < 1.29 is 19.4 Å². The molecule has 0 saturated carbocycles. The zero-order valence-electron chi connectivity index (χ0n) is 14.3. The van der Waals surface area contributed by atoms with Crippen LogP contribution in [0.15, 0.2) is 12.1 Å². The summed E-state index contributed by atoms with van der Waals surface area (Å²) in [5, 5.41) is 13.3. The normalized spacial score (nSPS) is 14.1. The van der Waals surface area contributed by atoms with Gasteiger partial charge in [0, 0.05) is 24.4 Å². The summed E-state index contributed by atoms with van der Waals surface area (Å²) < 4.78 is 7.22. The standard InChI is InChI=1S/C17H21N3O4S/c1-11-8-14(24-2)16(25-11)17(23)19-6-3-7-20-13(10-19)9-12(18-20)4-5-15(21)22/h8-9H,3-7,10H2,1-2H3,(H,21,22). The van der Waals surface area contributed by atoms with Crippen molar-refractivity contribution in [1.82, 2.24) is 14.7 Å². The minimum atomic E-state index is -0.833. The van der Waals surface area contributed by atoms with Gasteiger partial charge in [0.25, 0.3) is 5.91 Å². The molecule has 0 saturated heterocycles. The van der Waals surface area contributed by atoms with E-state index in [4.69, 9.17) is 9.84 Å². The van der Waals surface area contributed by atoms with Gasteiger partial charge >= 0.3 is 5.97 Å². The van der Waals surface area contributed by atoms with Crippen LogP contribution in [0.25, 0.3) is 0 Å². The van der Waals surface area contributed by atoms with E-state index in [1.165, 1.54) is 11.3 Å². The van der Waals surface area contributed by atoms with E-state index >= 15 is 0 Å². The zero-order chi connectivity index (χ0) is 18.0. The second-order valence-corrected chi connectivity index (χ2v) is 7.34. The molecule has 25 heavy (non-hydrogen) atoms. The Hall–Kier alpha value is -2.35. The number of carboxylic acid groups (broad SMARTS) is 1. The Labute approximate surface area is 149 Å². The number of hydrogen-bond acceptors (Lipinski definition) is 5. The van der Waals surface area contributed by atoms with E-state index in [2.05, 4.69) is 5.10 Å². The third kappa shape index (κ3) is 3.84. The van der Waals surface area contributed by atoms with Gasteiger partial charge in [0.15, 0.2) is 0 Å². The molecule has 0 atom stereocenters. The molecule has 8 heteroatoms. The Kier molecular flexibility index (Phi) is 5.08. The fourth-order valence-electron chi connectivity index (χ4n) is 2.99. The lowest BCUT2D eigenvalue weighted by molar-refractivity contribution is -0.136. The van der Waals surface area contributed by atoms with Crippen LogP contribution in [0.1, 0.15) is 38.8 Å². The van der Waals surface area contributed by atoms with Gasteiger partial charge in [-0.05, 0) is 25.5 Å². The highest BCUT2D eigenvalue weighted by atomic mass is 32.1. The first-order valence-electron chi connectivity index (χ1n) is 8.19. The Morgan fingerprint density at radius 3 is 2.88 bits per heavy atom. The van der Waals surface area contributed by atoms with Crippen molar-refractivity contribution in [2.45, 2.75) is 39.3 Å². The number of carbonyl (C=O) groups excluding carboxylic acids is 1. The summed E-state index contributed by atoms with van der Waals surface area (Å²) >= 11 is 1.44. The van der Waals surface area contributed by atoms with E-state index in [1.54, 1.807) is 7.11 Å². The summed E-state index contributed by atoms with van der Waals surface area (Å²) in [6.07, 6.45) is 1.28. The number of rotatable bonds is 5. The molecule has 0 unspecified atom stereocenters. The number of thiophene rings is 1. The molecule has 2 aromatic rings. The average Bonchev–Trinajstić information content (AvgIpc) is 3.08. The lowest BCUT2D eigenvalue weighted by Crippen LogP contribution is -2.30. The number of hydrogen-bond donors (Lipinski definition) is 1. The number of ether oxygens (including phenoxy) is 1. The molecule has 3 rings (SSSR count). The van der Waals surface area contributed by atoms with Crippen LogP contribution in [0.4, 0.5) is 0 Å². The molecular formula is C17H21N3O4S. The molecule has 134 valence electrons. The number of fused-ring (bicyclic) bond motifs is 1. The number of aromatic nitrogens is 2. The van der Waals surface area contributed by atoms with Crippen LogP contribution in [0.5, 0.6) is 5.75 Å². The number of aliphatic carboxylic acids is 1. The molecule has 0 fully saturated rings. The highest BCUT2D eigenvalue weighted by Gasteiger charge is 2.25. The molecule has 0 aliphatic carbocycles. The van der Waals surface area contributed by atoms with Gasteiger partial charge in [0.1, 0.15) is 10.6 Å². The zero-order valence-corrected chi connectivity index (χ0v) is 15.1. The predicted molar refractivity (Wildman–Crippen MR) is 93.1 cm³/mol. The fourth-order valence-corrected chi connectivity index (χ4v) is 3.93. The van der Waals surface area contributed by atoms with Crippen LogP contribution < -0.4 is 4.74 Å². The lowest BCUT2D eigenvalue weighted by atomic mass is 10.2. The Balaban J connectivity index is 1.78. The minimum Gasteiger partial charge on any atom is -0.495 e. The summed E-state index contributed by atoms with van der Waals surface area (Å²) in [5.74, 6) is -0.246. The molecule has 0 spiro atoms. The van der Waals surface area contributed by atoms with Crippen LogP contribution in [0.3, 0.4) is 0 Å². The van der Waals surface area contributed by atoms with Crippen molar-refractivity contribution in [3.8, 4) is 5.75 Å². The quantitative estimate of drug-likeness (QED) is 0.881. The maximum atomic E-state index is 12.9. The van der Waals surface area contributed by atoms with Crippen molar-refractivity contribution in [2.75, 3.05) is 13.7 Å². The molecule has 7 nitrogen and oxygen atoms in total. The van der Waals surface area contributed by atoms with Gasteiger partial charge in [-0.25, -0.2) is 0 Å². The molecule has 1 aliphatic rings.